The number of rotatable bonds is 1. The fraction of sp³-hybridized carbons (Fsp3) is 0.357. The van der Waals surface area contributed by atoms with Crippen molar-refractivity contribution in [3.63, 3.8) is 0 Å². The number of hydrogen-bond acceptors (Lipinski definition) is 1. The molecule has 1 aromatic heterocycles. The molecule has 0 aliphatic heterocycles. The first-order chi connectivity index (χ1) is 7.48. The first-order valence-corrected chi connectivity index (χ1v) is 5.58. The van der Waals surface area contributed by atoms with Gasteiger partial charge in [0, 0.05) is 18.1 Å². The molecule has 0 aliphatic carbocycles. The lowest BCUT2D eigenvalue weighted by molar-refractivity contribution is 0.589. The molecule has 84 valence electrons. The van der Waals surface area contributed by atoms with Gasteiger partial charge in [-0.05, 0) is 29.5 Å². The van der Waals surface area contributed by atoms with Crippen LogP contribution in [0.2, 0.25) is 0 Å². The number of aryl methyl sites for hydroxylation is 1. The molecular formula is C14H18N2. The second-order valence-corrected chi connectivity index (χ2v) is 5.22. The quantitative estimate of drug-likeness (QED) is 0.710. The van der Waals surface area contributed by atoms with Gasteiger partial charge in [0.2, 0.25) is 0 Å². The highest BCUT2D eigenvalue weighted by atomic mass is 15.0. The highest BCUT2D eigenvalue weighted by Gasteiger charge is 2.14. The number of nitrogens with zero attached hydrogens (tertiary/aromatic N) is 2. The molecular weight excluding hydrogens is 196 g/mol. The van der Waals surface area contributed by atoms with Crippen LogP contribution >= 0.6 is 0 Å². The van der Waals surface area contributed by atoms with Crippen LogP contribution in [0.5, 0.6) is 0 Å². The van der Waals surface area contributed by atoms with Gasteiger partial charge in [-0.25, -0.2) is 4.98 Å². The van der Waals surface area contributed by atoms with E-state index in [1.54, 1.807) is 0 Å². The molecule has 0 radical (unpaired) electrons. The fourth-order valence-electron chi connectivity index (χ4n) is 1.76. The van der Waals surface area contributed by atoms with Gasteiger partial charge < -0.3 is 4.57 Å². The molecule has 0 saturated carbocycles. The molecule has 0 N–H and O–H groups in total. The highest BCUT2D eigenvalue weighted by molar-refractivity contribution is 5.45. The topological polar surface area (TPSA) is 17.8 Å². The predicted molar refractivity (Wildman–Crippen MR) is 67.0 cm³/mol. The summed E-state index contributed by atoms with van der Waals surface area (Å²) in [6.45, 7) is 8.82. The number of benzene rings is 1. The van der Waals surface area contributed by atoms with Gasteiger partial charge in [-0.3, -0.25) is 0 Å². The summed E-state index contributed by atoms with van der Waals surface area (Å²) in [4.78, 5) is 4.09. The Morgan fingerprint density at radius 3 is 2.50 bits per heavy atom. The first kappa shape index (κ1) is 10.9. The maximum Gasteiger partial charge on any atom is 0.0991 e. The summed E-state index contributed by atoms with van der Waals surface area (Å²) in [5, 5.41) is 0. The second-order valence-electron chi connectivity index (χ2n) is 5.22. The lowest BCUT2D eigenvalue weighted by atomic mass is 9.86. The standard InChI is InChI=1S/C14H18N2/c1-11-5-6-12(14(2,3)4)9-13(11)16-8-7-15-10-16/h5-10H,1-4H3. The van der Waals surface area contributed by atoms with Crippen LogP contribution in [0.1, 0.15) is 31.9 Å². The predicted octanol–water partition coefficient (Wildman–Crippen LogP) is 3.48. The Kier molecular flexibility index (Phi) is 2.58. The Balaban J connectivity index is 2.54. The van der Waals surface area contributed by atoms with E-state index < -0.39 is 0 Å². The summed E-state index contributed by atoms with van der Waals surface area (Å²) in [5.41, 5.74) is 4.01. The summed E-state index contributed by atoms with van der Waals surface area (Å²) in [7, 11) is 0. The van der Waals surface area contributed by atoms with Crippen LogP contribution in [0.15, 0.2) is 36.9 Å². The third-order valence-corrected chi connectivity index (χ3v) is 2.86. The van der Waals surface area contributed by atoms with Crippen molar-refractivity contribution in [2.45, 2.75) is 33.1 Å². The minimum atomic E-state index is 0.184. The Bertz CT molecular complexity index is 476. The molecule has 16 heavy (non-hydrogen) atoms. The average Bonchev–Trinajstić information content (AvgIpc) is 2.69. The van der Waals surface area contributed by atoms with E-state index in [0.29, 0.717) is 0 Å². The molecule has 0 aliphatic rings. The van der Waals surface area contributed by atoms with Crippen molar-refractivity contribution in [2.24, 2.45) is 0 Å². The van der Waals surface area contributed by atoms with E-state index in [0.717, 1.165) is 0 Å². The van der Waals surface area contributed by atoms with Crippen molar-refractivity contribution in [1.29, 1.82) is 0 Å². The molecule has 0 atom stereocenters. The van der Waals surface area contributed by atoms with Crippen LogP contribution in [0, 0.1) is 6.92 Å². The second kappa shape index (κ2) is 3.78. The Labute approximate surface area is 97.0 Å². The third kappa shape index (κ3) is 2.01. The number of aromatic nitrogens is 2. The van der Waals surface area contributed by atoms with Crippen molar-refractivity contribution in [3.05, 3.63) is 48.0 Å². The fourth-order valence-corrected chi connectivity index (χ4v) is 1.76. The van der Waals surface area contributed by atoms with E-state index in [9.17, 15) is 0 Å². The molecule has 1 aromatic carbocycles. The van der Waals surface area contributed by atoms with Gasteiger partial charge >= 0.3 is 0 Å². The van der Waals surface area contributed by atoms with Crippen LogP contribution < -0.4 is 0 Å². The summed E-state index contributed by atoms with van der Waals surface area (Å²) in [5.74, 6) is 0. The number of imidazole rings is 1. The number of hydrogen-bond donors (Lipinski definition) is 0. The minimum absolute atomic E-state index is 0.184. The smallest absolute Gasteiger partial charge is 0.0991 e. The molecule has 2 heteroatoms. The molecule has 2 rings (SSSR count). The van der Waals surface area contributed by atoms with Gasteiger partial charge in [-0.1, -0.05) is 32.9 Å². The molecule has 0 fully saturated rings. The molecule has 0 amide bonds. The van der Waals surface area contributed by atoms with E-state index in [-0.39, 0.29) is 5.41 Å². The highest BCUT2D eigenvalue weighted by Crippen LogP contribution is 2.26. The minimum Gasteiger partial charge on any atom is -0.306 e. The maximum atomic E-state index is 4.09. The Hall–Kier alpha value is -1.57. The van der Waals surface area contributed by atoms with Crippen molar-refractivity contribution in [3.8, 4) is 5.69 Å². The molecule has 2 nitrogen and oxygen atoms in total. The molecule has 2 aromatic rings. The molecule has 0 unspecified atom stereocenters. The van der Waals surface area contributed by atoms with Crippen molar-refractivity contribution >= 4 is 0 Å². The first-order valence-electron chi connectivity index (χ1n) is 5.58. The van der Waals surface area contributed by atoms with Crippen molar-refractivity contribution in [1.82, 2.24) is 9.55 Å². The molecule has 0 spiro atoms. The van der Waals surface area contributed by atoms with E-state index in [2.05, 4.69) is 55.4 Å². The summed E-state index contributed by atoms with van der Waals surface area (Å²) in [6.07, 6.45) is 5.63. The lowest BCUT2D eigenvalue weighted by Crippen LogP contribution is -2.12. The molecule has 1 heterocycles. The van der Waals surface area contributed by atoms with E-state index in [1.165, 1.54) is 16.8 Å². The van der Waals surface area contributed by atoms with Crippen LogP contribution in [0.25, 0.3) is 5.69 Å². The normalized spacial score (nSPS) is 11.8. The van der Waals surface area contributed by atoms with Gasteiger partial charge in [-0.2, -0.15) is 0 Å². The van der Waals surface area contributed by atoms with Gasteiger partial charge in [0.25, 0.3) is 0 Å². The summed E-state index contributed by atoms with van der Waals surface area (Å²) >= 11 is 0. The third-order valence-electron chi connectivity index (χ3n) is 2.86. The van der Waals surface area contributed by atoms with Crippen LogP contribution in [0.3, 0.4) is 0 Å². The zero-order valence-electron chi connectivity index (χ0n) is 10.4. The van der Waals surface area contributed by atoms with Crippen molar-refractivity contribution in [2.75, 3.05) is 0 Å². The summed E-state index contributed by atoms with van der Waals surface area (Å²) in [6, 6.07) is 6.63. The average molecular weight is 214 g/mol. The van der Waals surface area contributed by atoms with Crippen LogP contribution in [0.4, 0.5) is 0 Å². The van der Waals surface area contributed by atoms with E-state index in [1.807, 2.05) is 18.7 Å². The van der Waals surface area contributed by atoms with Gasteiger partial charge in [-0.15, -0.1) is 0 Å². The van der Waals surface area contributed by atoms with Crippen LogP contribution in [-0.2, 0) is 5.41 Å². The zero-order valence-corrected chi connectivity index (χ0v) is 10.4. The van der Waals surface area contributed by atoms with E-state index >= 15 is 0 Å². The Morgan fingerprint density at radius 2 is 1.94 bits per heavy atom. The largest absolute Gasteiger partial charge is 0.306 e. The molecule has 0 saturated heterocycles. The lowest BCUT2D eigenvalue weighted by Gasteiger charge is -2.21. The zero-order chi connectivity index (χ0) is 11.8. The van der Waals surface area contributed by atoms with Gasteiger partial charge in [0.05, 0.1) is 6.33 Å². The van der Waals surface area contributed by atoms with E-state index in [4.69, 9.17) is 0 Å². The monoisotopic (exact) mass is 214 g/mol. The van der Waals surface area contributed by atoms with Crippen LogP contribution in [-0.4, -0.2) is 9.55 Å². The van der Waals surface area contributed by atoms with Gasteiger partial charge in [0.15, 0.2) is 0 Å². The SMILES string of the molecule is Cc1ccc(C(C)(C)C)cc1-n1ccnc1. The Morgan fingerprint density at radius 1 is 1.19 bits per heavy atom. The van der Waals surface area contributed by atoms with Gasteiger partial charge in [0.1, 0.15) is 0 Å². The van der Waals surface area contributed by atoms with Crippen molar-refractivity contribution < 1.29 is 0 Å². The molecule has 0 bridgehead atoms. The maximum absolute atomic E-state index is 4.09. The summed E-state index contributed by atoms with van der Waals surface area (Å²) < 4.78 is 2.06.